The summed E-state index contributed by atoms with van der Waals surface area (Å²) in [5.74, 6) is -1.10. The second-order valence-corrected chi connectivity index (χ2v) is 5.26. The Kier molecular flexibility index (Phi) is 5.10. The fraction of sp³-hybridized carbons (Fsp3) is 0.250. The van der Waals surface area contributed by atoms with Crippen molar-refractivity contribution in [1.82, 2.24) is 0 Å². The second-order valence-electron chi connectivity index (χ2n) is 4.82. The van der Waals surface area contributed by atoms with Crippen LogP contribution in [0.15, 0.2) is 42.5 Å². The second kappa shape index (κ2) is 6.82. The molecule has 0 aliphatic heterocycles. The van der Waals surface area contributed by atoms with Crippen LogP contribution in [0, 0.1) is 17.6 Å². The van der Waals surface area contributed by atoms with Gasteiger partial charge in [0, 0.05) is 11.6 Å². The van der Waals surface area contributed by atoms with Crippen LogP contribution in [0.25, 0.3) is 0 Å². The lowest BCUT2D eigenvalue weighted by Crippen LogP contribution is -2.14. The van der Waals surface area contributed by atoms with Crippen molar-refractivity contribution in [3.05, 3.63) is 70.2 Å². The number of halogens is 3. The van der Waals surface area contributed by atoms with Crippen molar-refractivity contribution < 1.29 is 13.9 Å². The Labute approximate surface area is 121 Å². The van der Waals surface area contributed by atoms with Crippen LogP contribution >= 0.6 is 11.6 Å². The molecule has 1 nitrogen and oxygen atoms in total. The maximum absolute atomic E-state index is 13.6. The zero-order chi connectivity index (χ0) is 14.5. The first-order valence-electron chi connectivity index (χ1n) is 6.37. The maximum Gasteiger partial charge on any atom is 0.126 e. The Balaban J connectivity index is 2.11. The van der Waals surface area contributed by atoms with Gasteiger partial charge in [-0.25, -0.2) is 8.78 Å². The van der Waals surface area contributed by atoms with Crippen molar-refractivity contribution in [2.75, 3.05) is 6.61 Å². The summed E-state index contributed by atoms with van der Waals surface area (Å²) in [6.45, 7) is -0.0948. The summed E-state index contributed by atoms with van der Waals surface area (Å²) in [6, 6.07) is 10.7. The van der Waals surface area contributed by atoms with Gasteiger partial charge >= 0.3 is 0 Å². The van der Waals surface area contributed by atoms with Crippen LogP contribution in [0.3, 0.4) is 0 Å². The summed E-state index contributed by atoms with van der Waals surface area (Å²) in [7, 11) is 0. The van der Waals surface area contributed by atoms with Crippen LogP contribution in [0.2, 0.25) is 5.02 Å². The smallest absolute Gasteiger partial charge is 0.126 e. The predicted molar refractivity (Wildman–Crippen MR) is 75.8 cm³/mol. The molecule has 0 aromatic heterocycles. The zero-order valence-electron chi connectivity index (χ0n) is 10.8. The Morgan fingerprint density at radius 3 is 2.55 bits per heavy atom. The van der Waals surface area contributed by atoms with Gasteiger partial charge in [-0.3, -0.25) is 0 Å². The number of rotatable bonds is 5. The summed E-state index contributed by atoms with van der Waals surface area (Å²) in [6.07, 6.45) is 0.847. The fourth-order valence-corrected chi connectivity index (χ4v) is 2.42. The van der Waals surface area contributed by atoms with E-state index in [1.54, 1.807) is 6.07 Å². The van der Waals surface area contributed by atoms with Crippen LogP contribution < -0.4 is 0 Å². The molecule has 0 bridgehead atoms. The molecule has 1 atom stereocenters. The topological polar surface area (TPSA) is 20.2 Å². The summed E-state index contributed by atoms with van der Waals surface area (Å²) >= 11 is 5.91. The number of aliphatic hydroxyl groups is 1. The van der Waals surface area contributed by atoms with E-state index in [1.165, 1.54) is 6.07 Å². The van der Waals surface area contributed by atoms with Crippen LogP contribution in [0.1, 0.15) is 11.1 Å². The highest BCUT2D eigenvalue weighted by Crippen LogP contribution is 2.19. The third-order valence-electron chi connectivity index (χ3n) is 3.19. The van der Waals surface area contributed by atoms with E-state index in [4.69, 9.17) is 11.6 Å². The molecule has 1 unspecified atom stereocenters. The van der Waals surface area contributed by atoms with Crippen LogP contribution in [0.5, 0.6) is 0 Å². The minimum absolute atomic E-state index is 0.0948. The zero-order valence-corrected chi connectivity index (χ0v) is 11.6. The van der Waals surface area contributed by atoms with Gasteiger partial charge in [-0.05, 0) is 60.2 Å². The lowest BCUT2D eigenvalue weighted by Gasteiger charge is -2.15. The molecular formula is C16H15ClF2O. The SMILES string of the molecule is OCC(Cc1cccc(Cl)c1)Cc1cc(F)ccc1F. The lowest BCUT2D eigenvalue weighted by molar-refractivity contribution is 0.224. The van der Waals surface area contributed by atoms with Gasteiger partial charge in [-0.2, -0.15) is 0 Å². The van der Waals surface area contributed by atoms with Gasteiger partial charge in [0.05, 0.1) is 0 Å². The molecular weight excluding hydrogens is 282 g/mol. The third kappa shape index (κ3) is 4.02. The Morgan fingerprint density at radius 1 is 1.05 bits per heavy atom. The number of hydrogen-bond donors (Lipinski definition) is 1. The van der Waals surface area contributed by atoms with Crippen molar-refractivity contribution in [3.8, 4) is 0 Å². The normalized spacial score (nSPS) is 12.4. The van der Waals surface area contributed by atoms with Crippen LogP contribution in [-0.4, -0.2) is 11.7 Å². The molecule has 0 radical (unpaired) electrons. The first-order chi connectivity index (χ1) is 9.58. The largest absolute Gasteiger partial charge is 0.396 e. The molecule has 1 N–H and O–H groups in total. The number of benzene rings is 2. The molecule has 0 aliphatic carbocycles. The van der Waals surface area contributed by atoms with E-state index < -0.39 is 11.6 Å². The summed E-state index contributed by atoms with van der Waals surface area (Å²) in [4.78, 5) is 0. The molecule has 0 aliphatic rings. The average Bonchev–Trinajstić information content (AvgIpc) is 2.42. The van der Waals surface area contributed by atoms with Gasteiger partial charge in [-0.1, -0.05) is 23.7 Å². The minimum atomic E-state index is -0.471. The quantitative estimate of drug-likeness (QED) is 0.884. The van der Waals surface area contributed by atoms with Crippen molar-refractivity contribution in [2.24, 2.45) is 5.92 Å². The molecule has 4 heteroatoms. The molecule has 0 saturated carbocycles. The fourth-order valence-electron chi connectivity index (χ4n) is 2.21. The van der Waals surface area contributed by atoms with Crippen molar-refractivity contribution in [1.29, 1.82) is 0 Å². The Hall–Kier alpha value is -1.45. The van der Waals surface area contributed by atoms with E-state index in [1.807, 2.05) is 18.2 Å². The van der Waals surface area contributed by atoms with E-state index in [2.05, 4.69) is 0 Å². The molecule has 0 saturated heterocycles. The van der Waals surface area contributed by atoms with E-state index in [0.29, 0.717) is 11.4 Å². The first-order valence-corrected chi connectivity index (χ1v) is 6.75. The molecule has 2 rings (SSSR count). The van der Waals surface area contributed by atoms with E-state index in [9.17, 15) is 13.9 Å². The molecule has 2 aromatic carbocycles. The standard InChI is InChI=1S/C16H15ClF2O/c17-14-3-1-2-11(8-14)6-12(10-20)7-13-9-15(18)4-5-16(13)19/h1-5,8-9,12,20H,6-7,10H2. The van der Waals surface area contributed by atoms with Gasteiger partial charge in [0.2, 0.25) is 0 Å². The Bertz CT molecular complexity index is 586. The Morgan fingerprint density at radius 2 is 1.85 bits per heavy atom. The number of aliphatic hydroxyl groups excluding tert-OH is 1. The molecule has 2 aromatic rings. The van der Waals surface area contributed by atoms with Crippen molar-refractivity contribution >= 4 is 11.6 Å². The highest BCUT2D eigenvalue weighted by atomic mass is 35.5. The summed E-state index contributed by atoms with van der Waals surface area (Å²) in [5, 5.41) is 10.1. The summed E-state index contributed by atoms with van der Waals surface area (Å²) in [5.41, 5.74) is 1.25. The molecule has 0 fully saturated rings. The van der Waals surface area contributed by atoms with Crippen LogP contribution in [-0.2, 0) is 12.8 Å². The van der Waals surface area contributed by atoms with E-state index >= 15 is 0 Å². The third-order valence-corrected chi connectivity index (χ3v) is 3.42. The van der Waals surface area contributed by atoms with Gasteiger partial charge in [0.1, 0.15) is 11.6 Å². The molecule has 106 valence electrons. The van der Waals surface area contributed by atoms with E-state index in [0.717, 1.165) is 17.7 Å². The average molecular weight is 297 g/mol. The van der Waals surface area contributed by atoms with Crippen LogP contribution in [0.4, 0.5) is 8.78 Å². The first kappa shape index (κ1) is 14.9. The van der Waals surface area contributed by atoms with Gasteiger partial charge < -0.3 is 5.11 Å². The monoisotopic (exact) mass is 296 g/mol. The molecule has 20 heavy (non-hydrogen) atoms. The number of hydrogen-bond acceptors (Lipinski definition) is 1. The van der Waals surface area contributed by atoms with E-state index in [-0.39, 0.29) is 24.5 Å². The predicted octanol–water partition coefficient (Wildman–Crippen LogP) is 4.01. The minimum Gasteiger partial charge on any atom is -0.396 e. The van der Waals surface area contributed by atoms with Crippen molar-refractivity contribution in [3.63, 3.8) is 0 Å². The molecule has 0 amide bonds. The highest BCUT2D eigenvalue weighted by molar-refractivity contribution is 6.30. The maximum atomic E-state index is 13.6. The van der Waals surface area contributed by atoms with Crippen molar-refractivity contribution in [2.45, 2.75) is 12.8 Å². The summed E-state index contributed by atoms with van der Waals surface area (Å²) < 4.78 is 26.7. The lowest BCUT2D eigenvalue weighted by atomic mass is 9.93. The van der Waals surface area contributed by atoms with Gasteiger partial charge in [0.25, 0.3) is 0 Å². The highest BCUT2D eigenvalue weighted by Gasteiger charge is 2.13. The molecule has 0 spiro atoms. The molecule has 0 heterocycles. The van der Waals surface area contributed by atoms with Gasteiger partial charge in [0.15, 0.2) is 0 Å². The van der Waals surface area contributed by atoms with Gasteiger partial charge in [-0.15, -0.1) is 0 Å².